The first kappa shape index (κ1) is 14.5. The van der Waals surface area contributed by atoms with Gasteiger partial charge in [-0.05, 0) is 37.8 Å². The number of aromatic nitrogens is 2. The maximum Gasteiger partial charge on any atom is 0.274 e. The second-order valence-corrected chi connectivity index (χ2v) is 5.58. The summed E-state index contributed by atoms with van der Waals surface area (Å²) in [5.41, 5.74) is 2.24. The Bertz CT molecular complexity index is 665. The molecule has 5 heteroatoms. The molecule has 1 aliphatic heterocycles. The zero-order valence-corrected chi connectivity index (χ0v) is 12.7. The molecule has 3 rings (SSSR count). The number of para-hydroxylation sites is 1. The molecule has 0 saturated carbocycles. The second kappa shape index (κ2) is 6.56. The fourth-order valence-corrected chi connectivity index (χ4v) is 2.67. The van der Waals surface area contributed by atoms with E-state index in [0.717, 1.165) is 30.2 Å². The minimum atomic E-state index is -0.199. The number of hydrogen-bond donors (Lipinski definition) is 1. The van der Waals surface area contributed by atoms with Crippen molar-refractivity contribution in [1.29, 1.82) is 0 Å². The van der Waals surface area contributed by atoms with Gasteiger partial charge in [0.15, 0.2) is 0 Å². The third kappa shape index (κ3) is 3.24. The summed E-state index contributed by atoms with van der Waals surface area (Å²) in [5.74, 6) is 0.639. The molecule has 1 amide bonds. The third-order valence-corrected chi connectivity index (χ3v) is 3.96. The van der Waals surface area contributed by atoms with Crippen LogP contribution in [0.4, 0.5) is 11.5 Å². The summed E-state index contributed by atoms with van der Waals surface area (Å²) in [6.07, 6.45) is 5.09. The molecule has 1 saturated heterocycles. The van der Waals surface area contributed by atoms with E-state index in [1.54, 1.807) is 6.07 Å². The standard InChI is InChI=1S/C17H20N4O/c1-13-7-3-4-8-14(13)20-17(22)15-11-16(19-12-18-15)21-9-5-2-6-10-21/h3-4,7-8,11-12H,2,5-6,9-10H2,1H3,(H,20,22). The van der Waals surface area contributed by atoms with Gasteiger partial charge in [-0.2, -0.15) is 0 Å². The number of anilines is 2. The highest BCUT2D eigenvalue weighted by Crippen LogP contribution is 2.19. The van der Waals surface area contributed by atoms with Crippen LogP contribution in [0.2, 0.25) is 0 Å². The first-order valence-electron chi connectivity index (χ1n) is 7.68. The summed E-state index contributed by atoms with van der Waals surface area (Å²) >= 11 is 0. The number of aryl methyl sites for hydroxylation is 1. The quantitative estimate of drug-likeness (QED) is 0.946. The number of benzene rings is 1. The number of nitrogens with one attached hydrogen (secondary N) is 1. The van der Waals surface area contributed by atoms with Gasteiger partial charge >= 0.3 is 0 Å². The summed E-state index contributed by atoms with van der Waals surface area (Å²) in [6, 6.07) is 9.49. The number of hydrogen-bond acceptors (Lipinski definition) is 4. The first-order valence-corrected chi connectivity index (χ1v) is 7.68. The lowest BCUT2D eigenvalue weighted by Gasteiger charge is -2.27. The van der Waals surface area contributed by atoms with Crippen LogP contribution in [-0.4, -0.2) is 29.0 Å². The Hall–Kier alpha value is -2.43. The van der Waals surface area contributed by atoms with E-state index in [4.69, 9.17) is 0 Å². The fourth-order valence-electron chi connectivity index (χ4n) is 2.67. The zero-order chi connectivity index (χ0) is 15.4. The van der Waals surface area contributed by atoms with E-state index in [9.17, 15) is 4.79 Å². The summed E-state index contributed by atoms with van der Waals surface area (Å²) in [6.45, 7) is 3.96. The van der Waals surface area contributed by atoms with Crippen molar-refractivity contribution < 1.29 is 4.79 Å². The molecule has 2 aromatic rings. The minimum Gasteiger partial charge on any atom is -0.357 e. The molecule has 114 valence electrons. The monoisotopic (exact) mass is 296 g/mol. The van der Waals surface area contributed by atoms with E-state index >= 15 is 0 Å². The van der Waals surface area contributed by atoms with Crippen LogP contribution in [0.25, 0.3) is 0 Å². The predicted molar refractivity (Wildman–Crippen MR) is 87.2 cm³/mol. The number of carbonyl (C=O) groups is 1. The van der Waals surface area contributed by atoms with Crippen molar-refractivity contribution in [3.63, 3.8) is 0 Å². The lowest BCUT2D eigenvalue weighted by molar-refractivity contribution is 0.102. The van der Waals surface area contributed by atoms with Gasteiger partial charge < -0.3 is 10.2 Å². The Morgan fingerprint density at radius 2 is 1.91 bits per heavy atom. The molecular weight excluding hydrogens is 276 g/mol. The van der Waals surface area contributed by atoms with Gasteiger partial charge in [-0.15, -0.1) is 0 Å². The Kier molecular flexibility index (Phi) is 4.32. The van der Waals surface area contributed by atoms with Crippen molar-refractivity contribution in [2.45, 2.75) is 26.2 Å². The minimum absolute atomic E-state index is 0.199. The van der Waals surface area contributed by atoms with E-state index in [-0.39, 0.29) is 5.91 Å². The molecule has 2 heterocycles. The smallest absolute Gasteiger partial charge is 0.274 e. The van der Waals surface area contributed by atoms with Crippen molar-refractivity contribution >= 4 is 17.4 Å². The van der Waals surface area contributed by atoms with Crippen LogP contribution in [0.5, 0.6) is 0 Å². The highest BCUT2D eigenvalue weighted by molar-refractivity contribution is 6.03. The maximum absolute atomic E-state index is 12.4. The first-order chi connectivity index (χ1) is 10.7. The van der Waals surface area contributed by atoms with Crippen LogP contribution in [-0.2, 0) is 0 Å². The summed E-state index contributed by atoms with van der Waals surface area (Å²) in [4.78, 5) is 23.0. The molecule has 0 unspecified atom stereocenters. The number of rotatable bonds is 3. The van der Waals surface area contributed by atoms with Gasteiger partial charge in [-0.25, -0.2) is 9.97 Å². The predicted octanol–water partition coefficient (Wildman–Crippen LogP) is 3.03. The molecule has 0 bridgehead atoms. The number of amides is 1. The third-order valence-electron chi connectivity index (χ3n) is 3.96. The van der Waals surface area contributed by atoms with Crippen molar-refractivity contribution in [2.75, 3.05) is 23.3 Å². The van der Waals surface area contributed by atoms with Crippen molar-refractivity contribution in [3.8, 4) is 0 Å². The highest BCUT2D eigenvalue weighted by Gasteiger charge is 2.15. The normalized spacial score (nSPS) is 14.7. The van der Waals surface area contributed by atoms with E-state index in [0.29, 0.717) is 5.69 Å². The zero-order valence-electron chi connectivity index (χ0n) is 12.7. The van der Waals surface area contributed by atoms with Crippen LogP contribution >= 0.6 is 0 Å². The molecule has 1 aromatic carbocycles. The molecule has 0 spiro atoms. The van der Waals surface area contributed by atoms with Crippen LogP contribution < -0.4 is 10.2 Å². The van der Waals surface area contributed by atoms with E-state index < -0.39 is 0 Å². The maximum atomic E-state index is 12.4. The molecule has 5 nitrogen and oxygen atoms in total. The molecule has 0 radical (unpaired) electrons. The van der Waals surface area contributed by atoms with Crippen LogP contribution in [0.1, 0.15) is 35.3 Å². The SMILES string of the molecule is Cc1ccccc1NC(=O)c1cc(N2CCCCC2)ncn1. The second-order valence-electron chi connectivity index (χ2n) is 5.58. The van der Waals surface area contributed by atoms with Gasteiger partial charge in [0.1, 0.15) is 17.8 Å². The molecule has 0 atom stereocenters. The van der Waals surface area contributed by atoms with Crippen LogP contribution in [0.3, 0.4) is 0 Å². The van der Waals surface area contributed by atoms with Gasteiger partial charge in [-0.3, -0.25) is 4.79 Å². The summed E-state index contributed by atoms with van der Waals surface area (Å²) in [7, 11) is 0. The number of piperidine rings is 1. The molecule has 0 aliphatic carbocycles. The van der Waals surface area contributed by atoms with E-state index in [1.807, 2.05) is 31.2 Å². The summed E-state index contributed by atoms with van der Waals surface area (Å²) in [5, 5.41) is 2.91. The van der Waals surface area contributed by atoms with Crippen LogP contribution in [0, 0.1) is 6.92 Å². The van der Waals surface area contributed by atoms with E-state index in [1.165, 1.54) is 25.6 Å². The highest BCUT2D eigenvalue weighted by atomic mass is 16.1. The van der Waals surface area contributed by atoms with Gasteiger partial charge in [-0.1, -0.05) is 18.2 Å². The van der Waals surface area contributed by atoms with Gasteiger partial charge in [0, 0.05) is 24.8 Å². The van der Waals surface area contributed by atoms with Gasteiger partial charge in [0.25, 0.3) is 5.91 Å². The van der Waals surface area contributed by atoms with E-state index in [2.05, 4.69) is 20.2 Å². The Morgan fingerprint density at radius 1 is 1.14 bits per heavy atom. The average molecular weight is 296 g/mol. The van der Waals surface area contributed by atoms with Gasteiger partial charge in [0.05, 0.1) is 0 Å². The lowest BCUT2D eigenvalue weighted by Crippen LogP contribution is -2.30. The Balaban J connectivity index is 1.76. The molecule has 1 fully saturated rings. The van der Waals surface area contributed by atoms with Crippen molar-refractivity contribution in [2.24, 2.45) is 0 Å². The Morgan fingerprint density at radius 3 is 2.68 bits per heavy atom. The lowest BCUT2D eigenvalue weighted by atomic mass is 10.1. The van der Waals surface area contributed by atoms with Gasteiger partial charge in [0.2, 0.25) is 0 Å². The molecule has 1 aliphatic rings. The fraction of sp³-hybridized carbons (Fsp3) is 0.353. The van der Waals surface area contributed by atoms with Crippen molar-refractivity contribution in [3.05, 3.63) is 47.9 Å². The molecule has 1 aromatic heterocycles. The Labute approximate surface area is 130 Å². The van der Waals surface area contributed by atoms with Crippen LogP contribution in [0.15, 0.2) is 36.7 Å². The molecular formula is C17H20N4O. The largest absolute Gasteiger partial charge is 0.357 e. The molecule has 22 heavy (non-hydrogen) atoms. The van der Waals surface area contributed by atoms with Crippen molar-refractivity contribution in [1.82, 2.24) is 9.97 Å². The summed E-state index contributed by atoms with van der Waals surface area (Å²) < 4.78 is 0. The average Bonchev–Trinajstić information content (AvgIpc) is 2.58. The number of nitrogens with zero attached hydrogens (tertiary/aromatic N) is 3. The number of carbonyl (C=O) groups excluding carboxylic acids is 1. The topological polar surface area (TPSA) is 58.1 Å². The molecule has 1 N–H and O–H groups in total.